The van der Waals surface area contributed by atoms with E-state index in [0.717, 1.165) is 22.3 Å². The molecule has 0 unspecified atom stereocenters. The van der Waals surface area contributed by atoms with Crippen LogP contribution in [-0.2, 0) is 13.2 Å². The van der Waals surface area contributed by atoms with E-state index in [0.29, 0.717) is 36.0 Å². The predicted molar refractivity (Wildman–Crippen MR) is 100 cm³/mol. The minimum Gasteiger partial charge on any atom is -0.490 e. The molecule has 3 heterocycles. The fourth-order valence-electron chi connectivity index (χ4n) is 2.87. The Morgan fingerprint density at radius 2 is 2.07 bits per heavy atom. The fourth-order valence-corrected chi connectivity index (χ4v) is 2.87. The molecule has 138 valence electrons. The van der Waals surface area contributed by atoms with Gasteiger partial charge in [-0.25, -0.2) is 9.97 Å². The lowest BCUT2D eigenvalue weighted by molar-refractivity contribution is 0.271. The van der Waals surface area contributed by atoms with Crippen LogP contribution < -0.4 is 4.74 Å². The summed E-state index contributed by atoms with van der Waals surface area (Å²) in [5, 5.41) is 18.1. The Kier molecular flexibility index (Phi) is 4.55. The van der Waals surface area contributed by atoms with Crippen molar-refractivity contribution >= 4 is 11.0 Å². The maximum atomic E-state index is 9.77. The van der Waals surface area contributed by atoms with Crippen molar-refractivity contribution in [1.29, 1.82) is 0 Å². The number of aliphatic hydroxyl groups is 1. The average Bonchev–Trinajstić information content (AvgIpc) is 3.27. The largest absolute Gasteiger partial charge is 0.490 e. The van der Waals surface area contributed by atoms with Crippen molar-refractivity contribution in [2.24, 2.45) is 0 Å². The molecule has 0 saturated heterocycles. The molecule has 0 atom stereocenters. The third-order valence-electron chi connectivity index (χ3n) is 4.18. The van der Waals surface area contributed by atoms with E-state index in [1.54, 1.807) is 23.3 Å². The van der Waals surface area contributed by atoms with Crippen LogP contribution in [0.25, 0.3) is 22.6 Å². The average molecular weight is 364 g/mol. The van der Waals surface area contributed by atoms with Crippen molar-refractivity contribution in [2.45, 2.75) is 27.0 Å². The van der Waals surface area contributed by atoms with Crippen LogP contribution in [0.2, 0.25) is 0 Å². The molecule has 3 aromatic heterocycles. The molecule has 0 aliphatic heterocycles. The standard InChI is InChI=1S/C19H20N6O2/c1-12-3-4-16-17(7-12)23-19(22-16)18-14(11-26)8-15(10-20-18)27-6-5-25-21-9-13(2)24-25/h3-4,7-10,26H,5-6,11H2,1-2H3,(H,22,23). The number of nitrogens with one attached hydrogen (secondary N) is 1. The van der Waals surface area contributed by atoms with Crippen LogP contribution >= 0.6 is 0 Å². The van der Waals surface area contributed by atoms with E-state index in [1.807, 2.05) is 32.0 Å². The molecule has 0 saturated carbocycles. The Labute approximate surface area is 155 Å². The van der Waals surface area contributed by atoms with Gasteiger partial charge < -0.3 is 14.8 Å². The van der Waals surface area contributed by atoms with Crippen molar-refractivity contribution in [1.82, 2.24) is 29.9 Å². The Morgan fingerprint density at radius 3 is 2.85 bits per heavy atom. The first-order valence-corrected chi connectivity index (χ1v) is 8.68. The highest BCUT2D eigenvalue weighted by molar-refractivity contribution is 5.79. The highest BCUT2D eigenvalue weighted by Crippen LogP contribution is 2.25. The highest BCUT2D eigenvalue weighted by Gasteiger charge is 2.13. The summed E-state index contributed by atoms with van der Waals surface area (Å²) in [6.45, 7) is 4.70. The Balaban J connectivity index is 1.53. The minimum atomic E-state index is -0.157. The van der Waals surface area contributed by atoms with Gasteiger partial charge in [0, 0.05) is 5.56 Å². The molecule has 1 aromatic carbocycles. The van der Waals surface area contributed by atoms with Gasteiger partial charge in [0.15, 0.2) is 5.82 Å². The van der Waals surface area contributed by atoms with Gasteiger partial charge in [0.1, 0.15) is 18.1 Å². The van der Waals surface area contributed by atoms with Gasteiger partial charge in [0.2, 0.25) is 0 Å². The van der Waals surface area contributed by atoms with Crippen LogP contribution in [0.3, 0.4) is 0 Å². The van der Waals surface area contributed by atoms with Crippen molar-refractivity contribution < 1.29 is 9.84 Å². The van der Waals surface area contributed by atoms with Crippen molar-refractivity contribution in [3.8, 4) is 17.3 Å². The maximum Gasteiger partial charge on any atom is 0.157 e. The van der Waals surface area contributed by atoms with Crippen LogP contribution in [-0.4, -0.2) is 41.7 Å². The third kappa shape index (κ3) is 3.65. The van der Waals surface area contributed by atoms with Gasteiger partial charge in [-0.3, -0.25) is 0 Å². The summed E-state index contributed by atoms with van der Waals surface area (Å²) in [5.74, 6) is 1.21. The number of hydrogen-bond acceptors (Lipinski definition) is 6. The molecule has 4 aromatic rings. The zero-order valence-electron chi connectivity index (χ0n) is 15.2. The van der Waals surface area contributed by atoms with Crippen LogP contribution in [0.4, 0.5) is 0 Å². The van der Waals surface area contributed by atoms with Gasteiger partial charge in [-0.2, -0.15) is 15.0 Å². The molecule has 0 amide bonds. The zero-order chi connectivity index (χ0) is 18.8. The molecular formula is C19H20N6O2. The number of aryl methyl sites for hydroxylation is 2. The van der Waals surface area contributed by atoms with Crippen molar-refractivity contribution in [3.05, 3.63) is 53.5 Å². The predicted octanol–water partition coefficient (Wildman–Crippen LogP) is 2.40. The van der Waals surface area contributed by atoms with E-state index >= 15 is 0 Å². The van der Waals surface area contributed by atoms with E-state index in [1.165, 1.54) is 0 Å². The number of aromatic amines is 1. The monoisotopic (exact) mass is 364 g/mol. The molecule has 0 aliphatic rings. The summed E-state index contributed by atoms with van der Waals surface area (Å²) in [5.41, 5.74) is 5.09. The Bertz CT molecular complexity index is 1080. The number of benzene rings is 1. The number of ether oxygens (including phenoxy) is 1. The molecule has 0 aliphatic carbocycles. The number of pyridine rings is 1. The first-order chi connectivity index (χ1) is 13.1. The second kappa shape index (κ2) is 7.16. The second-order valence-electron chi connectivity index (χ2n) is 6.37. The van der Waals surface area contributed by atoms with E-state index in [2.05, 4.69) is 25.1 Å². The second-order valence-corrected chi connectivity index (χ2v) is 6.37. The number of rotatable bonds is 6. The minimum absolute atomic E-state index is 0.157. The van der Waals surface area contributed by atoms with Crippen molar-refractivity contribution in [2.75, 3.05) is 6.61 Å². The summed E-state index contributed by atoms with van der Waals surface area (Å²) in [7, 11) is 0. The van der Waals surface area contributed by atoms with E-state index in [9.17, 15) is 5.11 Å². The molecule has 0 fully saturated rings. The van der Waals surface area contributed by atoms with E-state index < -0.39 is 0 Å². The molecule has 27 heavy (non-hydrogen) atoms. The van der Waals surface area contributed by atoms with E-state index in [-0.39, 0.29) is 6.61 Å². The molecule has 8 nitrogen and oxygen atoms in total. The Hall–Kier alpha value is -3.26. The van der Waals surface area contributed by atoms with Crippen LogP contribution in [0.1, 0.15) is 16.8 Å². The molecule has 8 heteroatoms. The highest BCUT2D eigenvalue weighted by atomic mass is 16.5. The van der Waals surface area contributed by atoms with Crippen LogP contribution in [0.15, 0.2) is 36.7 Å². The van der Waals surface area contributed by atoms with Gasteiger partial charge in [-0.1, -0.05) is 6.07 Å². The number of aromatic nitrogens is 6. The SMILES string of the molecule is Cc1ccc2nc(-c3ncc(OCCn4ncc(C)n4)cc3CO)[nH]c2c1. The van der Waals surface area contributed by atoms with Crippen molar-refractivity contribution in [3.63, 3.8) is 0 Å². The number of imidazole rings is 1. The van der Waals surface area contributed by atoms with Gasteiger partial charge in [-0.05, 0) is 37.6 Å². The molecule has 4 rings (SSSR count). The third-order valence-corrected chi connectivity index (χ3v) is 4.18. The summed E-state index contributed by atoms with van der Waals surface area (Å²) < 4.78 is 5.72. The molecule has 0 radical (unpaired) electrons. The maximum absolute atomic E-state index is 9.77. The topological polar surface area (TPSA) is 102 Å². The number of nitrogens with zero attached hydrogens (tertiary/aromatic N) is 5. The first-order valence-electron chi connectivity index (χ1n) is 8.68. The lowest BCUT2D eigenvalue weighted by atomic mass is 10.2. The lowest BCUT2D eigenvalue weighted by Crippen LogP contribution is -2.11. The van der Waals surface area contributed by atoms with Crippen LogP contribution in [0.5, 0.6) is 5.75 Å². The van der Waals surface area contributed by atoms with Gasteiger partial charge in [-0.15, -0.1) is 0 Å². The molecule has 0 spiro atoms. The number of H-pyrrole nitrogens is 1. The number of aliphatic hydroxyl groups excluding tert-OH is 1. The van der Waals surface area contributed by atoms with E-state index in [4.69, 9.17) is 4.74 Å². The number of hydrogen-bond donors (Lipinski definition) is 2. The molecule has 2 N–H and O–H groups in total. The smallest absolute Gasteiger partial charge is 0.157 e. The summed E-state index contributed by atoms with van der Waals surface area (Å²) >= 11 is 0. The first kappa shape index (κ1) is 17.2. The summed E-state index contributed by atoms with van der Waals surface area (Å²) in [6, 6.07) is 7.79. The summed E-state index contributed by atoms with van der Waals surface area (Å²) in [6.07, 6.45) is 3.34. The quantitative estimate of drug-likeness (QED) is 0.545. The number of fused-ring (bicyclic) bond motifs is 1. The Morgan fingerprint density at radius 1 is 1.19 bits per heavy atom. The summed E-state index contributed by atoms with van der Waals surface area (Å²) in [4.78, 5) is 13.9. The molecule has 0 bridgehead atoms. The van der Waals surface area contributed by atoms with Crippen LogP contribution in [0, 0.1) is 13.8 Å². The van der Waals surface area contributed by atoms with Gasteiger partial charge in [0.05, 0.1) is 42.3 Å². The van der Waals surface area contributed by atoms with Gasteiger partial charge >= 0.3 is 0 Å². The normalized spacial score (nSPS) is 11.2. The molecular weight excluding hydrogens is 344 g/mol. The van der Waals surface area contributed by atoms with Gasteiger partial charge in [0.25, 0.3) is 0 Å². The zero-order valence-corrected chi connectivity index (χ0v) is 15.2. The fraction of sp³-hybridized carbons (Fsp3) is 0.263. The lowest BCUT2D eigenvalue weighted by Gasteiger charge is -2.09.